The van der Waals surface area contributed by atoms with Crippen molar-refractivity contribution < 1.29 is 41.7 Å². The Kier molecular flexibility index (Phi) is 8.62. The first-order valence-electron chi connectivity index (χ1n) is 9.73. The minimum absolute atomic E-state index is 0.0334. The summed E-state index contributed by atoms with van der Waals surface area (Å²) in [6, 6.07) is 0.0965. The lowest BCUT2D eigenvalue weighted by molar-refractivity contribution is -0.163. The van der Waals surface area contributed by atoms with E-state index >= 15 is 0 Å². The first-order valence-corrected chi connectivity index (χ1v) is 13.4. The van der Waals surface area contributed by atoms with Crippen LogP contribution in [0.5, 0.6) is 0 Å². The standard InChI is InChI=1S/C18H18ClN5O9S3/c1-8(25)33-15(10-4-3-5-34-10)14-13(17(28)24(14)36(29,30)31)22-16(27)12(23-32-2)9-7-35-18(20-9)21-11(26)6-19/h3-5,7,13-15H,6H2,1-2H3,(H,22,27)(H,20,21,26)(H,29,30,31). The van der Waals surface area contributed by atoms with Gasteiger partial charge in [0.15, 0.2) is 16.9 Å². The van der Waals surface area contributed by atoms with Gasteiger partial charge in [0.25, 0.3) is 11.8 Å². The van der Waals surface area contributed by atoms with Crippen LogP contribution in [0.25, 0.3) is 0 Å². The second-order valence-electron chi connectivity index (χ2n) is 6.94. The van der Waals surface area contributed by atoms with Gasteiger partial charge in [-0.25, -0.2) is 9.29 Å². The molecule has 1 aliphatic heterocycles. The number of carbonyl (C=O) groups is 4. The van der Waals surface area contributed by atoms with Gasteiger partial charge in [0, 0.05) is 17.2 Å². The topological polar surface area (TPSA) is 194 Å². The number of hydrogen-bond donors (Lipinski definition) is 3. The van der Waals surface area contributed by atoms with Crippen molar-refractivity contribution in [2.45, 2.75) is 25.1 Å². The third kappa shape index (κ3) is 5.98. The molecule has 0 bridgehead atoms. The third-order valence-corrected chi connectivity index (χ3v) is 7.42. The molecule has 1 aliphatic rings. The number of rotatable bonds is 10. The molecule has 14 nitrogen and oxygen atoms in total. The van der Waals surface area contributed by atoms with Crippen LogP contribution in [0.1, 0.15) is 23.6 Å². The van der Waals surface area contributed by atoms with Gasteiger partial charge in [-0.1, -0.05) is 11.2 Å². The van der Waals surface area contributed by atoms with Crippen molar-refractivity contribution in [3.05, 3.63) is 33.5 Å². The molecule has 18 heteroatoms. The maximum atomic E-state index is 13.0. The van der Waals surface area contributed by atoms with Crippen LogP contribution < -0.4 is 10.6 Å². The molecule has 3 N–H and O–H groups in total. The van der Waals surface area contributed by atoms with Crippen LogP contribution in [0.3, 0.4) is 0 Å². The second kappa shape index (κ2) is 11.3. The zero-order chi connectivity index (χ0) is 26.6. The molecule has 0 aliphatic carbocycles. The molecule has 36 heavy (non-hydrogen) atoms. The summed E-state index contributed by atoms with van der Waals surface area (Å²) in [5, 5.41) is 11.5. The average Bonchev–Trinajstić information content (AvgIpc) is 3.49. The van der Waals surface area contributed by atoms with E-state index in [-0.39, 0.29) is 21.0 Å². The molecule has 3 heterocycles. The van der Waals surface area contributed by atoms with E-state index in [4.69, 9.17) is 21.2 Å². The molecular formula is C18H18ClN5O9S3. The van der Waals surface area contributed by atoms with Gasteiger partial charge >= 0.3 is 16.3 Å². The Morgan fingerprint density at radius 1 is 1.36 bits per heavy atom. The van der Waals surface area contributed by atoms with Gasteiger partial charge in [0.1, 0.15) is 30.8 Å². The minimum atomic E-state index is -5.07. The van der Waals surface area contributed by atoms with Crippen molar-refractivity contribution in [3.8, 4) is 0 Å². The molecule has 1 fully saturated rings. The number of ether oxygens (including phenoxy) is 1. The molecule has 194 valence electrons. The zero-order valence-corrected chi connectivity index (χ0v) is 21.6. The zero-order valence-electron chi connectivity index (χ0n) is 18.4. The Morgan fingerprint density at radius 2 is 2.08 bits per heavy atom. The lowest BCUT2D eigenvalue weighted by Gasteiger charge is -2.46. The number of aromatic nitrogens is 1. The Bertz CT molecular complexity index is 1300. The highest BCUT2D eigenvalue weighted by molar-refractivity contribution is 7.84. The first-order chi connectivity index (χ1) is 17.0. The summed E-state index contributed by atoms with van der Waals surface area (Å²) in [4.78, 5) is 58.1. The number of nitrogens with one attached hydrogen (secondary N) is 2. The lowest BCUT2D eigenvalue weighted by Crippen LogP contribution is -2.74. The van der Waals surface area contributed by atoms with Crippen LogP contribution in [-0.4, -0.2) is 76.7 Å². The van der Waals surface area contributed by atoms with Crippen molar-refractivity contribution in [1.82, 2.24) is 14.6 Å². The predicted octanol–water partition coefficient (Wildman–Crippen LogP) is 0.535. The molecule has 1 saturated heterocycles. The van der Waals surface area contributed by atoms with E-state index in [1.807, 2.05) is 0 Å². The number of hydrogen-bond acceptors (Lipinski definition) is 12. The van der Waals surface area contributed by atoms with Gasteiger partial charge in [-0.3, -0.25) is 23.7 Å². The highest BCUT2D eigenvalue weighted by atomic mass is 35.5. The van der Waals surface area contributed by atoms with E-state index in [0.717, 1.165) is 36.7 Å². The van der Waals surface area contributed by atoms with Gasteiger partial charge in [-0.15, -0.1) is 34.3 Å². The molecule has 2 aromatic heterocycles. The Labute approximate surface area is 217 Å². The Morgan fingerprint density at radius 3 is 2.64 bits per heavy atom. The summed E-state index contributed by atoms with van der Waals surface area (Å²) in [6.07, 6.45) is -1.33. The molecule has 0 aromatic carbocycles. The minimum Gasteiger partial charge on any atom is -0.454 e. The summed E-state index contributed by atoms with van der Waals surface area (Å²) < 4.78 is 38.8. The smallest absolute Gasteiger partial charge is 0.362 e. The number of thiazole rings is 1. The van der Waals surface area contributed by atoms with Crippen LogP contribution >= 0.6 is 34.3 Å². The van der Waals surface area contributed by atoms with E-state index in [0.29, 0.717) is 4.88 Å². The number of carbonyl (C=O) groups excluding carboxylic acids is 4. The number of nitrogens with zero attached hydrogens (tertiary/aromatic N) is 3. The first kappa shape index (κ1) is 27.5. The van der Waals surface area contributed by atoms with Gasteiger partial charge in [0.05, 0.1) is 0 Å². The fourth-order valence-electron chi connectivity index (χ4n) is 3.22. The fraction of sp³-hybridized carbons (Fsp3) is 0.333. The summed E-state index contributed by atoms with van der Waals surface area (Å²) in [6.45, 7) is 1.08. The van der Waals surface area contributed by atoms with Crippen LogP contribution in [0.2, 0.25) is 0 Å². The van der Waals surface area contributed by atoms with Crippen LogP contribution in [0, 0.1) is 0 Å². The van der Waals surface area contributed by atoms with E-state index in [1.165, 1.54) is 11.4 Å². The molecular weight excluding hydrogens is 562 g/mol. The van der Waals surface area contributed by atoms with E-state index in [1.54, 1.807) is 11.4 Å². The molecule has 0 saturated carbocycles. The monoisotopic (exact) mass is 579 g/mol. The van der Waals surface area contributed by atoms with Crippen molar-refractivity contribution in [2.75, 3.05) is 18.3 Å². The molecule has 3 unspecified atom stereocenters. The molecule has 0 radical (unpaired) electrons. The molecule has 3 atom stereocenters. The number of β-lactam (4-membered cyclic amide) rings is 1. The van der Waals surface area contributed by atoms with Crippen molar-refractivity contribution in [3.63, 3.8) is 0 Å². The van der Waals surface area contributed by atoms with Gasteiger partial charge in [-0.2, -0.15) is 8.42 Å². The molecule has 0 spiro atoms. The lowest BCUT2D eigenvalue weighted by atomic mass is 9.92. The number of anilines is 1. The van der Waals surface area contributed by atoms with Crippen LogP contribution in [0.15, 0.2) is 28.0 Å². The highest BCUT2D eigenvalue weighted by Crippen LogP contribution is 2.38. The van der Waals surface area contributed by atoms with Crippen LogP contribution in [-0.2, 0) is 39.1 Å². The Hall–Kier alpha value is -3.12. The maximum Gasteiger partial charge on any atom is 0.362 e. The Balaban J connectivity index is 1.92. The molecule has 3 rings (SSSR count). The van der Waals surface area contributed by atoms with Crippen molar-refractivity contribution >= 4 is 79.1 Å². The summed E-state index contributed by atoms with van der Waals surface area (Å²) in [7, 11) is -3.92. The van der Waals surface area contributed by atoms with Crippen molar-refractivity contribution in [1.29, 1.82) is 0 Å². The van der Waals surface area contributed by atoms with E-state index in [9.17, 15) is 32.1 Å². The summed E-state index contributed by atoms with van der Waals surface area (Å²) in [5.74, 6) is -3.81. The number of oxime groups is 1. The van der Waals surface area contributed by atoms with Crippen LogP contribution in [0.4, 0.5) is 5.13 Å². The normalized spacial score (nSPS) is 18.7. The molecule has 2 aromatic rings. The fourth-order valence-corrected chi connectivity index (χ4v) is 5.67. The maximum absolute atomic E-state index is 13.0. The SMILES string of the molecule is CON=C(C(=O)NC1C(=O)N(S(=O)(=O)O)C1C(OC(C)=O)c1cccs1)c1csc(NC(=O)CCl)n1. The average molecular weight is 580 g/mol. The largest absolute Gasteiger partial charge is 0.454 e. The summed E-state index contributed by atoms with van der Waals surface area (Å²) >= 11 is 7.51. The second-order valence-corrected chi connectivity index (χ2v) is 10.3. The van der Waals surface area contributed by atoms with Gasteiger partial charge in [-0.05, 0) is 11.4 Å². The third-order valence-electron chi connectivity index (χ3n) is 4.57. The van der Waals surface area contributed by atoms with E-state index < -0.39 is 57.9 Å². The summed E-state index contributed by atoms with van der Waals surface area (Å²) in [5.41, 5.74) is -0.439. The number of alkyl halides is 1. The highest BCUT2D eigenvalue weighted by Gasteiger charge is 2.59. The van der Waals surface area contributed by atoms with Gasteiger partial charge < -0.3 is 20.2 Å². The number of thiophene rings is 1. The number of amides is 3. The van der Waals surface area contributed by atoms with Crippen molar-refractivity contribution in [2.24, 2.45) is 5.16 Å². The number of halogens is 1. The molecule has 3 amide bonds. The number of esters is 1. The van der Waals surface area contributed by atoms with Gasteiger partial charge in [0.2, 0.25) is 5.91 Å². The predicted molar refractivity (Wildman–Crippen MR) is 128 cm³/mol. The van der Waals surface area contributed by atoms with E-state index in [2.05, 4.69) is 20.8 Å². The quantitative estimate of drug-likeness (QED) is 0.0892.